The Kier molecular flexibility index (Phi) is 3.70. The van der Waals surface area contributed by atoms with E-state index in [0.29, 0.717) is 11.9 Å². The van der Waals surface area contributed by atoms with Crippen LogP contribution in [0.5, 0.6) is 0 Å². The largest absolute Gasteiger partial charge is 0.368 e. The van der Waals surface area contributed by atoms with E-state index in [1.165, 1.54) is 18.5 Å². The minimum Gasteiger partial charge on any atom is -0.368 e. The number of piperidine rings is 1. The first-order valence-corrected chi connectivity index (χ1v) is 6.53. The van der Waals surface area contributed by atoms with Gasteiger partial charge in [0.25, 0.3) is 0 Å². The third-order valence-corrected chi connectivity index (χ3v) is 3.99. The summed E-state index contributed by atoms with van der Waals surface area (Å²) in [6.45, 7) is 5.78. The van der Waals surface area contributed by atoms with Crippen LogP contribution in [0.3, 0.4) is 0 Å². The van der Waals surface area contributed by atoms with Gasteiger partial charge in [0, 0.05) is 36.2 Å². The highest BCUT2D eigenvalue weighted by Gasteiger charge is 2.25. The molecule has 1 aliphatic rings. The molecule has 1 saturated heterocycles. The van der Waals surface area contributed by atoms with Crippen LogP contribution in [0, 0.1) is 5.92 Å². The van der Waals surface area contributed by atoms with Gasteiger partial charge in [0.2, 0.25) is 0 Å². The Morgan fingerprint density at radius 1 is 1.50 bits per heavy atom. The Morgan fingerprint density at radius 3 is 3.06 bits per heavy atom. The van der Waals surface area contributed by atoms with Gasteiger partial charge in [-0.1, -0.05) is 6.92 Å². The van der Waals surface area contributed by atoms with Crippen molar-refractivity contribution in [3.8, 4) is 0 Å². The van der Waals surface area contributed by atoms with E-state index in [0.717, 1.165) is 18.0 Å². The number of pyridine rings is 1. The minimum absolute atomic E-state index is 0.542. The van der Waals surface area contributed by atoms with Gasteiger partial charge in [-0.25, -0.2) is 0 Å². The molecule has 0 amide bonds. The molecular formula is C13H19ClN2. The molecule has 0 N–H and O–H groups in total. The van der Waals surface area contributed by atoms with Gasteiger partial charge in [-0.15, -0.1) is 11.6 Å². The molecule has 3 heteroatoms. The summed E-state index contributed by atoms with van der Waals surface area (Å²) in [5.74, 6) is 1.30. The summed E-state index contributed by atoms with van der Waals surface area (Å²) in [5, 5.41) is 0. The highest BCUT2D eigenvalue weighted by molar-refractivity contribution is 6.17. The molecule has 2 nitrogen and oxygen atoms in total. The van der Waals surface area contributed by atoms with E-state index in [1.54, 1.807) is 0 Å². The van der Waals surface area contributed by atoms with E-state index in [-0.39, 0.29) is 0 Å². The second-order valence-corrected chi connectivity index (χ2v) is 4.96. The van der Waals surface area contributed by atoms with Crippen molar-refractivity contribution in [2.45, 2.75) is 38.6 Å². The van der Waals surface area contributed by atoms with Crippen molar-refractivity contribution in [3.05, 3.63) is 24.0 Å². The first kappa shape index (κ1) is 11.7. The fourth-order valence-electron chi connectivity index (χ4n) is 2.48. The lowest BCUT2D eigenvalue weighted by molar-refractivity contribution is 0.363. The van der Waals surface area contributed by atoms with E-state index in [9.17, 15) is 0 Å². The monoisotopic (exact) mass is 238 g/mol. The third kappa shape index (κ3) is 2.17. The van der Waals surface area contributed by atoms with Crippen LogP contribution in [-0.4, -0.2) is 17.6 Å². The summed E-state index contributed by atoms with van der Waals surface area (Å²) in [5.41, 5.74) is 2.41. The summed E-state index contributed by atoms with van der Waals surface area (Å²) in [6, 6.07) is 2.69. The fourth-order valence-corrected chi connectivity index (χ4v) is 2.68. The van der Waals surface area contributed by atoms with Gasteiger partial charge in [0.1, 0.15) is 0 Å². The van der Waals surface area contributed by atoms with Crippen LogP contribution < -0.4 is 4.90 Å². The molecule has 2 rings (SSSR count). The molecule has 1 aromatic rings. The van der Waals surface area contributed by atoms with Crippen molar-refractivity contribution in [2.75, 3.05) is 11.4 Å². The lowest BCUT2D eigenvalue weighted by atomic mass is 9.91. The van der Waals surface area contributed by atoms with Crippen molar-refractivity contribution >= 4 is 17.3 Å². The Labute approximate surface area is 103 Å². The number of aromatic nitrogens is 1. The molecule has 2 atom stereocenters. The number of rotatable bonds is 2. The zero-order chi connectivity index (χ0) is 11.5. The zero-order valence-electron chi connectivity index (χ0n) is 9.99. The van der Waals surface area contributed by atoms with Crippen molar-refractivity contribution in [3.63, 3.8) is 0 Å². The van der Waals surface area contributed by atoms with Gasteiger partial charge >= 0.3 is 0 Å². The molecule has 0 spiro atoms. The van der Waals surface area contributed by atoms with Gasteiger partial charge in [-0.3, -0.25) is 4.98 Å². The van der Waals surface area contributed by atoms with Crippen molar-refractivity contribution in [1.82, 2.24) is 4.98 Å². The quantitative estimate of drug-likeness (QED) is 0.734. The van der Waals surface area contributed by atoms with Gasteiger partial charge in [-0.05, 0) is 31.7 Å². The first-order chi connectivity index (χ1) is 7.74. The Bertz CT molecular complexity index is 354. The molecule has 16 heavy (non-hydrogen) atoms. The van der Waals surface area contributed by atoms with E-state index < -0.39 is 0 Å². The van der Waals surface area contributed by atoms with E-state index >= 15 is 0 Å². The topological polar surface area (TPSA) is 16.1 Å². The van der Waals surface area contributed by atoms with Crippen molar-refractivity contribution in [2.24, 2.45) is 5.92 Å². The molecule has 1 aromatic heterocycles. The molecule has 2 heterocycles. The molecule has 0 aliphatic carbocycles. The second-order valence-electron chi connectivity index (χ2n) is 4.69. The SMILES string of the molecule is CC1CCCN(c2ccncc2CCl)C1C. The Morgan fingerprint density at radius 2 is 2.31 bits per heavy atom. The van der Waals surface area contributed by atoms with E-state index in [2.05, 4.69) is 29.8 Å². The Balaban J connectivity index is 2.28. The van der Waals surface area contributed by atoms with Crippen LogP contribution >= 0.6 is 11.6 Å². The van der Waals surface area contributed by atoms with Gasteiger partial charge in [-0.2, -0.15) is 0 Å². The number of halogens is 1. The maximum absolute atomic E-state index is 5.97. The predicted molar refractivity (Wildman–Crippen MR) is 69.0 cm³/mol. The summed E-state index contributed by atoms with van der Waals surface area (Å²) in [4.78, 5) is 6.62. The lowest BCUT2D eigenvalue weighted by Gasteiger charge is -2.40. The normalized spacial score (nSPS) is 25.8. The number of anilines is 1. The molecule has 0 aromatic carbocycles. The average molecular weight is 239 g/mol. The van der Waals surface area contributed by atoms with Crippen LogP contribution in [-0.2, 0) is 5.88 Å². The molecule has 88 valence electrons. The number of alkyl halides is 1. The van der Waals surface area contributed by atoms with Gasteiger partial charge < -0.3 is 4.90 Å². The predicted octanol–water partition coefficient (Wildman–Crippen LogP) is 3.45. The summed E-state index contributed by atoms with van der Waals surface area (Å²) in [6.07, 6.45) is 6.35. The van der Waals surface area contributed by atoms with Crippen LogP contribution in [0.1, 0.15) is 32.3 Å². The summed E-state index contributed by atoms with van der Waals surface area (Å²) < 4.78 is 0. The average Bonchev–Trinajstić information content (AvgIpc) is 2.33. The molecule has 2 unspecified atom stereocenters. The highest BCUT2D eigenvalue weighted by Crippen LogP contribution is 2.30. The zero-order valence-corrected chi connectivity index (χ0v) is 10.7. The fraction of sp³-hybridized carbons (Fsp3) is 0.615. The van der Waals surface area contributed by atoms with Crippen LogP contribution in [0.4, 0.5) is 5.69 Å². The van der Waals surface area contributed by atoms with E-state index in [1.807, 2.05) is 12.4 Å². The summed E-state index contributed by atoms with van der Waals surface area (Å²) >= 11 is 5.97. The molecule has 0 radical (unpaired) electrons. The third-order valence-electron chi connectivity index (χ3n) is 3.70. The van der Waals surface area contributed by atoms with Crippen LogP contribution in [0.2, 0.25) is 0 Å². The van der Waals surface area contributed by atoms with Crippen LogP contribution in [0.25, 0.3) is 0 Å². The number of nitrogens with zero attached hydrogens (tertiary/aromatic N) is 2. The molecule has 1 aliphatic heterocycles. The number of hydrogen-bond acceptors (Lipinski definition) is 2. The van der Waals surface area contributed by atoms with Crippen molar-refractivity contribution in [1.29, 1.82) is 0 Å². The maximum Gasteiger partial charge on any atom is 0.0509 e. The summed E-state index contributed by atoms with van der Waals surface area (Å²) in [7, 11) is 0. The second kappa shape index (κ2) is 5.05. The van der Waals surface area contributed by atoms with Gasteiger partial charge in [0.05, 0.1) is 5.88 Å². The highest BCUT2D eigenvalue weighted by atomic mass is 35.5. The van der Waals surface area contributed by atoms with Gasteiger partial charge in [0.15, 0.2) is 0 Å². The van der Waals surface area contributed by atoms with Crippen LogP contribution in [0.15, 0.2) is 18.5 Å². The van der Waals surface area contributed by atoms with E-state index in [4.69, 9.17) is 11.6 Å². The Hall–Kier alpha value is -0.760. The molecule has 1 fully saturated rings. The first-order valence-electron chi connectivity index (χ1n) is 5.99. The standard InChI is InChI=1S/C13H19ClN2/c1-10-4-3-7-16(11(10)2)13-5-6-15-9-12(13)8-14/h5-6,9-11H,3-4,7-8H2,1-2H3. The smallest absolute Gasteiger partial charge is 0.0509 e. The molecular weight excluding hydrogens is 220 g/mol. The molecule has 0 bridgehead atoms. The maximum atomic E-state index is 5.97. The molecule has 0 saturated carbocycles. The van der Waals surface area contributed by atoms with Crippen molar-refractivity contribution < 1.29 is 0 Å². The lowest BCUT2D eigenvalue weighted by Crippen LogP contribution is -2.42. The minimum atomic E-state index is 0.542. The number of hydrogen-bond donors (Lipinski definition) is 0.